The smallest absolute Gasteiger partial charge is 0.365 e. The van der Waals surface area contributed by atoms with E-state index >= 15 is 0 Å². The minimum absolute atomic E-state index is 0.153. The molecule has 4 nitrogen and oxygen atoms in total. The van der Waals surface area contributed by atoms with Crippen LogP contribution >= 0.6 is 0 Å². The minimum atomic E-state index is -0.530. The van der Waals surface area contributed by atoms with Gasteiger partial charge in [0, 0.05) is 11.6 Å². The molecule has 0 N–H and O–H groups in total. The van der Waals surface area contributed by atoms with Crippen molar-refractivity contribution in [3.63, 3.8) is 0 Å². The zero-order valence-electron chi connectivity index (χ0n) is 13.3. The fourth-order valence-electron chi connectivity index (χ4n) is 2.38. The van der Waals surface area contributed by atoms with E-state index in [1.54, 1.807) is 6.07 Å². The maximum atomic E-state index is 12.2. The van der Waals surface area contributed by atoms with Gasteiger partial charge in [-0.2, -0.15) is 0 Å². The second-order valence-electron chi connectivity index (χ2n) is 5.66. The van der Waals surface area contributed by atoms with Gasteiger partial charge in [0.2, 0.25) is 0 Å². The van der Waals surface area contributed by atoms with Crippen molar-refractivity contribution in [2.24, 2.45) is 0 Å². The SMILES string of the molecule is Cc1ccc(-c2cc(C(=O)Oc3cc(C)cc(C)c3)no2)cc1. The van der Waals surface area contributed by atoms with Crippen molar-refractivity contribution in [1.29, 1.82) is 0 Å². The van der Waals surface area contributed by atoms with Gasteiger partial charge < -0.3 is 9.26 Å². The molecule has 0 aliphatic heterocycles. The molecule has 0 aliphatic carbocycles. The molecule has 4 heteroatoms. The summed E-state index contributed by atoms with van der Waals surface area (Å²) in [5, 5.41) is 3.81. The highest BCUT2D eigenvalue weighted by atomic mass is 16.5. The molecule has 0 bridgehead atoms. The number of carbonyl (C=O) groups excluding carboxylic acids is 1. The second kappa shape index (κ2) is 6.08. The number of benzene rings is 2. The predicted octanol–water partition coefficient (Wildman–Crippen LogP) is 4.49. The summed E-state index contributed by atoms with van der Waals surface area (Å²) in [4.78, 5) is 12.2. The first-order valence-electron chi connectivity index (χ1n) is 7.35. The largest absolute Gasteiger partial charge is 0.422 e. The van der Waals surface area contributed by atoms with Crippen LogP contribution in [0.3, 0.4) is 0 Å². The molecule has 0 fully saturated rings. The molecule has 3 aromatic rings. The number of nitrogens with zero attached hydrogens (tertiary/aromatic N) is 1. The van der Waals surface area contributed by atoms with Gasteiger partial charge in [-0.1, -0.05) is 41.1 Å². The van der Waals surface area contributed by atoms with Crippen molar-refractivity contribution in [2.45, 2.75) is 20.8 Å². The Morgan fingerprint density at radius 3 is 2.22 bits per heavy atom. The van der Waals surface area contributed by atoms with Crippen LogP contribution in [-0.2, 0) is 0 Å². The Bertz CT molecular complexity index is 827. The summed E-state index contributed by atoms with van der Waals surface area (Å²) in [6.07, 6.45) is 0. The summed E-state index contributed by atoms with van der Waals surface area (Å²) in [6, 6.07) is 15.0. The molecule has 1 aromatic heterocycles. The average Bonchev–Trinajstić information content (AvgIpc) is 2.97. The lowest BCUT2D eigenvalue weighted by Crippen LogP contribution is -2.08. The molecule has 3 rings (SSSR count). The van der Waals surface area contributed by atoms with E-state index in [0.29, 0.717) is 11.5 Å². The summed E-state index contributed by atoms with van der Waals surface area (Å²) in [5.74, 6) is 0.516. The Morgan fingerprint density at radius 2 is 1.57 bits per heavy atom. The van der Waals surface area contributed by atoms with E-state index in [1.807, 2.05) is 63.2 Å². The second-order valence-corrected chi connectivity index (χ2v) is 5.66. The average molecular weight is 307 g/mol. The van der Waals surface area contributed by atoms with Crippen LogP contribution < -0.4 is 4.74 Å². The highest BCUT2D eigenvalue weighted by Gasteiger charge is 2.16. The van der Waals surface area contributed by atoms with Gasteiger partial charge in [0.25, 0.3) is 0 Å². The van der Waals surface area contributed by atoms with E-state index in [-0.39, 0.29) is 5.69 Å². The number of aromatic nitrogens is 1. The van der Waals surface area contributed by atoms with E-state index in [0.717, 1.165) is 22.3 Å². The predicted molar refractivity (Wildman–Crippen MR) is 87.6 cm³/mol. The lowest BCUT2D eigenvalue weighted by molar-refractivity contribution is 0.0724. The Hall–Kier alpha value is -2.88. The van der Waals surface area contributed by atoms with Crippen LogP contribution in [0.25, 0.3) is 11.3 Å². The molecular weight excluding hydrogens is 290 g/mol. The molecule has 0 radical (unpaired) electrons. The summed E-state index contributed by atoms with van der Waals surface area (Å²) in [6.45, 7) is 5.92. The van der Waals surface area contributed by atoms with Crippen LogP contribution in [0.1, 0.15) is 27.2 Å². The van der Waals surface area contributed by atoms with Gasteiger partial charge in [0.1, 0.15) is 5.75 Å². The van der Waals surface area contributed by atoms with Crippen molar-refractivity contribution >= 4 is 5.97 Å². The third-order valence-corrected chi connectivity index (χ3v) is 3.46. The number of hydrogen-bond acceptors (Lipinski definition) is 4. The number of esters is 1. The molecule has 0 saturated heterocycles. The van der Waals surface area contributed by atoms with E-state index in [2.05, 4.69) is 5.16 Å². The first kappa shape index (κ1) is 15.0. The van der Waals surface area contributed by atoms with E-state index in [1.165, 1.54) is 0 Å². The third-order valence-electron chi connectivity index (χ3n) is 3.46. The summed E-state index contributed by atoms with van der Waals surface area (Å²) >= 11 is 0. The first-order valence-corrected chi connectivity index (χ1v) is 7.35. The molecule has 0 atom stereocenters. The van der Waals surface area contributed by atoms with Crippen LogP contribution in [-0.4, -0.2) is 11.1 Å². The van der Waals surface area contributed by atoms with Crippen LogP contribution in [0.5, 0.6) is 5.75 Å². The van der Waals surface area contributed by atoms with Crippen molar-refractivity contribution in [2.75, 3.05) is 0 Å². The van der Waals surface area contributed by atoms with Crippen LogP contribution in [0.15, 0.2) is 53.1 Å². The van der Waals surface area contributed by atoms with Gasteiger partial charge >= 0.3 is 5.97 Å². The number of ether oxygens (including phenoxy) is 1. The molecule has 0 aliphatic rings. The normalized spacial score (nSPS) is 10.6. The fraction of sp³-hybridized carbons (Fsp3) is 0.158. The Labute approximate surface area is 134 Å². The molecule has 0 amide bonds. The highest BCUT2D eigenvalue weighted by molar-refractivity contribution is 5.90. The standard InChI is InChI=1S/C19H17NO3/c1-12-4-6-15(7-5-12)18-11-17(20-23-18)19(21)22-16-9-13(2)8-14(3)10-16/h4-11H,1-3H3. The molecule has 1 heterocycles. The maximum Gasteiger partial charge on any atom is 0.365 e. The lowest BCUT2D eigenvalue weighted by atomic mass is 10.1. The highest BCUT2D eigenvalue weighted by Crippen LogP contribution is 2.22. The summed E-state index contributed by atoms with van der Waals surface area (Å²) in [7, 11) is 0. The molecule has 23 heavy (non-hydrogen) atoms. The number of rotatable bonds is 3. The minimum Gasteiger partial charge on any atom is -0.422 e. The number of hydrogen-bond donors (Lipinski definition) is 0. The van der Waals surface area contributed by atoms with Crippen LogP contribution in [0.4, 0.5) is 0 Å². The van der Waals surface area contributed by atoms with Crippen LogP contribution in [0.2, 0.25) is 0 Å². The topological polar surface area (TPSA) is 52.3 Å². The van der Waals surface area contributed by atoms with Gasteiger partial charge in [0.05, 0.1) is 0 Å². The quantitative estimate of drug-likeness (QED) is 0.528. The van der Waals surface area contributed by atoms with E-state index in [4.69, 9.17) is 9.26 Å². The van der Waals surface area contributed by atoms with Gasteiger partial charge in [-0.25, -0.2) is 4.79 Å². The zero-order valence-corrected chi connectivity index (χ0v) is 13.3. The Morgan fingerprint density at radius 1 is 0.913 bits per heavy atom. The monoisotopic (exact) mass is 307 g/mol. The van der Waals surface area contributed by atoms with Crippen molar-refractivity contribution in [3.05, 3.63) is 70.9 Å². The summed E-state index contributed by atoms with van der Waals surface area (Å²) in [5.41, 5.74) is 4.25. The lowest BCUT2D eigenvalue weighted by Gasteiger charge is -2.04. The van der Waals surface area contributed by atoms with Crippen molar-refractivity contribution in [3.8, 4) is 17.1 Å². The maximum absolute atomic E-state index is 12.2. The zero-order chi connectivity index (χ0) is 16.4. The molecular formula is C19H17NO3. The van der Waals surface area contributed by atoms with E-state index in [9.17, 15) is 4.79 Å². The van der Waals surface area contributed by atoms with Gasteiger partial charge in [-0.05, 0) is 44.0 Å². The number of aryl methyl sites for hydroxylation is 3. The molecule has 0 unspecified atom stereocenters. The van der Waals surface area contributed by atoms with Crippen molar-refractivity contribution in [1.82, 2.24) is 5.16 Å². The number of carbonyl (C=O) groups is 1. The Balaban J connectivity index is 1.79. The van der Waals surface area contributed by atoms with Crippen LogP contribution in [0, 0.1) is 20.8 Å². The van der Waals surface area contributed by atoms with Gasteiger partial charge in [-0.15, -0.1) is 0 Å². The molecule has 0 spiro atoms. The van der Waals surface area contributed by atoms with Gasteiger partial charge in [-0.3, -0.25) is 0 Å². The fourth-order valence-corrected chi connectivity index (χ4v) is 2.38. The van der Waals surface area contributed by atoms with E-state index < -0.39 is 5.97 Å². The third kappa shape index (κ3) is 3.48. The molecule has 2 aromatic carbocycles. The summed E-state index contributed by atoms with van der Waals surface area (Å²) < 4.78 is 10.6. The first-order chi connectivity index (χ1) is 11.0. The molecule has 116 valence electrons. The molecule has 0 saturated carbocycles. The van der Waals surface area contributed by atoms with Crippen molar-refractivity contribution < 1.29 is 14.1 Å². The van der Waals surface area contributed by atoms with Gasteiger partial charge in [0.15, 0.2) is 11.5 Å². The Kier molecular flexibility index (Phi) is 3.98.